The molecule has 26 heavy (non-hydrogen) atoms. The molecule has 3 rings (SSSR count). The van der Waals surface area contributed by atoms with Crippen LogP contribution in [0.1, 0.15) is 30.9 Å². The van der Waals surface area contributed by atoms with Gasteiger partial charge in [-0.2, -0.15) is 0 Å². The van der Waals surface area contributed by atoms with Crippen LogP contribution in [0.15, 0.2) is 42.7 Å². The van der Waals surface area contributed by atoms with Gasteiger partial charge in [0, 0.05) is 31.8 Å². The van der Waals surface area contributed by atoms with Crippen molar-refractivity contribution < 1.29 is 14.3 Å². The third kappa shape index (κ3) is 4.39. The average Bonchev–Trinajstić information content (AvgIpc) is 2.65. The summed E-state index contributed by atoms with van der Waals surface area (Å²) in [6.45, 7) is 4.82. The standard InChI is InChI=1S/C20H23N3O3/c1-14-5-6-18-17(10-14)23(13-15(2)26-18)20(25)8-7-19(24)22-12-16-4-3-9-21-11-16/h3-6,9-11,15H,7-8,12-13H2,1-2H3,(H,22,24)/t15-/m0/s1. The largest absolute Gasteiger partial charge is 0.487 e. The summed E-state index contributed by atoms with van der Waals surface area (Å²) in [6.07, 6.45) is 3.64. The van der Waals surface area contributed by atoms with Crippen LogP contribution in [0, 0.1) is 6.92 Å². The Morgan fingerprint density at radius 3 is 2.92 bits per heavy atom. The first-order valence-electron chi connectivity index (χ1n) is 8.76. The van der Waals surface area contributed by atoms with Crippen molar-refractivity contribution in [2.75, 3.05) is 11.4 Å². The third-order valence-electron chi connectivity index (χ3n) is 4.25. The molecule has 2 aromatic rings. The monoisotopic (exact) mass is 353 g/mol. The van der Waals surface area contributed by atoms with Gasteiger partial charge in [-0.25, -0.2) is 0 Å². The normalized spacial score (nSPS) is 15.8. The van der Waals surface area contributed by atoms with Crippen LogP contribution in [-0.2, 0) is 16.1 Å². The van der Waals surface area contributed by atoms with E-state index < -0.39 is 0 Å². The van der Waals surface area contributed by atoms with E-state index in [0.717, 1.165) is 16.8 Å². The second-order valence-corrected chi connectivity index (χ2v) is 6.54. The first kappa shape index (κ1) is 17.9. The molecule has 0 saturated carbocycles. The second kappa shape index (κ2) is 7.99. The number of aryl methyl sites for hydroxylation is 1. The average molecular weight is 353 g/mol. The first-order valence-corrected chi connectivity index (χ1v) is 8.76. The Kier molecular flexibility index (Phi) is 5.51. The van der Waals surface area contributed by atoms with Crippen molar-refractivity contribution in [3.63, 3.8) is 0 Å². The number of aromatic nitrogens is 1. The number of carbonyl (C=O) groups is 2. The molecule has 1 N–H and O–H groups in total. The number of benzene rings is 1. The number of rotatable bonds is 5. The molecule has 0 saturated heterocycles. The Morgan fingerprint density at radius 1 is 1.31 bits per heavy atom. The lowest BCUT2D eigenvalue weighted by atomic mass is 10.1. The molecule has 1 aromatic carbocycles. The first-order chi connectivity index (χ1) is 12.5. The van der Waals surface area contributed by atoms with E-state index in [4.69, 9.17) is 4.74 Å². The van der Waals surface area contributed by atoms with Gasteiger partial charge in [-0.1, -0.05) is 12.1 Å². The Bertz CT molecular complexity index is 792. The van der Waals surface area contributed by atoms with Crippen LogP contribution in [0.2, 0.25) is 0 Å². The number of ether oxygens (including phenoxy) is 1. The quantitative estimate of drug-likeness (QED) is 0.897. The number of amides is 2. The number of nitrogens with zero attached hydrogens (tertiary/aromatic N) is 2. The highest BCUT2D eigenvalue weighted by atomic mass is 16.5. The van der Waals surface area contributed by atoms with Crippen molar-refractivity contribution in [3.05, 3.63) is 53.9 Å². The number of nitrogens with one attached hydrogen (secondary N) is 1. The van der Waals surface area contributed by atoms with E-state index in [1.54, 1.807) is 17.3 Å². The van der Waals surface area contributed by atoms with Crippen molar-refractivity contribution >= 4 is 17.5 Å². The molecule has 136 valence electrons. The second-order valence-electron chi connectivity index (χ2n) is 6.54. The lowest BCUT2D eigenvalue weighted by molar-refractivity contribution is -0.125. The van der Waals surface area contributed by atoms with Crippen molar-refractivity contribution in [3.8, 4) is 5.75 Å². The van der Waals surface area contributed by atoms with Crippen LogP contribution in [-0.4, -0.2) is 29.4 Å². The Balaban J connectivity index is 1.56. The highest BCUT2D eigenvalue weighted by Gasteiger charge is 2.27. The van der Waals surface area contributed by atoms with E-state index in [1.165, 1.54) is 0 Å². The van der Waals surface area contributed by atoms with Gasteiger partial charge in [0.15, 0.2) is 0 Å². The van der Waals surface area contributed by atoms with Gasteiger partial charge in [-0.05, 0) is 43.2 Å². The third-order valence-corrected chi connectivity index (χ3v) is 4.25. The highest BCUT2D eigenvalue weighted by Crippen LogP contribution is 2.34. The number of hydrogen-bond acceptors (Lipinski definition) is 4. The van der Waals surface area contributed by atoms with Crippen molar-refractivity contribution in [1.29, 1.82) is 0 Å². The van der Waals surface area contributed by atoms with E-state index >= 15 is 0 Å². The molecule has 1 aromatic heterocycles. The van der Waals surface area contributed by atoms with Gasteiger partial charge < -0.3 is 15.0 Å². The summed E-state index contributed by atoms with van der Waals surface area (Å²) in [6, 6.07) is 9.52. The topological polar surface area (TPSA) is 71.5 Å². The van der Waals surface area contributed by atoms with Gasteiger partial charge in [0.05, 0.1) is 12.2 Å². The molecule has 0 fully saturated rings. The van der Waals surface area contributed by atoms with E-state index in [0.29, 0.717) is 18.8 Å². The van der Waals surface area contributed by atoms with Gasteiger partial charge in [-0.3, -0.25) is 14.6 Å². The van der Waals surface area contributed by atoms with Gasteiger partial charge in [-0.15, -0.1) is 0 Å². The van der Waals surface area contributed by atoms with Crippen LogP contribution < -0.4 is 15.0 Å². The summed E-state index contributed by atoms with van der Waals surface area (Å²) < 4.78 is 5.80. The Morgan fingerprint density at radius 2 is 2.15 bits per heavy atom. The molecule has 0 aliphatic carbocycles. The summed E-state index contributed by atoms with van der Waals surface area (Å²) >= 11 is 0. The molecule has 2 heterocycles. The van der Waals surface area contributed by atoms with Crippen LogP contribution in [0.4, 0.5) is 5.69 Å². The summed E-state index contributed by atoms with van der Waals surface area (Å²) in [5.74, 6) is 0.500. The fourth-order valence-electron chi connectivity index (χ4n) is 2.93. The van der Waals surface area contributed by atoms with E-state index in [1.807, 2.05) is 44.2 Å². The van der Waals surface area contributed by atoms with Gasteiger partial charge in [0.25, 0.3) is 0 Å². The molecule has 1 aliphatic heterocycles. The zero-order valence-electron chi connectivity index (χ0n) is 15.1. The Labute approximate surface area is 153 Å². The summed E-state index contributed by atoms with van der Waals surface area (Å²) in [7, 11) is 0. The van der Waals surface area contributed by atoms with Crippen molar-refractivity contribution in [2.45, 2.75) is 39.3 Å². The molecule has 6 heteroatoms. The van der Waals surface area contributed by atoms with Gasteiger partial charge in [0.1, 0.15) is 11.9 Å². The molecule has 0 bridgehead atoms. The molecule has 1 atom stereocenters. The zero-order chi connectivity index (χ0) is 18.5. The SMILES string of the molecule is Cc1ccc2c(c1)N(C(=O)CCC(=O)NCc1cccnc1)C[C@H](C)O2. The minimum absolute atomic E-state index is 0.0662. The summed E-state index contributed by atoms with van der Waals surface area (Å²) in [4.78, 5) is 30.5. The molecule has 0 unspecified atom stereocenters. The van der Waals surface area contributed by atoms with Crippen molar-refractivity contribution in [1.82, 2.24) is 10.3 Å². The minimum Gasteiger partial charge on any atom is -0.487 e. The van der Waals surface area contributed by atoms with Crippen LogP contribution in [0.3, 0.4) is 0 Å². The summed E-state index contributed by atoms with van der Waals surface area (Å²) in [5.41, 5.74) is 2.77. The van der Waals surface area contributed by atoms with Gasteiger partial charge in [0.2, 0.25) is 11.8 Å². The van der Waals surface area contributed by atoms with Gasteiger partial charge >= 0.3 is 0 Å². The molecule has 2 amide bonds. The smallest absolute Gasteiger partial charge is 0.227 e. The van der Waals surface area contributed by atoms with Crippen molar-refractivity contribution in [2.24, 2.45) is 0 Å². The van der Waals surface area contributed by atoms with Crippen LogP contribution in [0.5, 0.6) is 5.75 Å². The van der Waals surface area contributed by atoms with E-state index in [9.17, 15) is 9.59 Å². The van der Waals surface area contributed by atoms with Crippen LogP contribution in [0.25, 0.3) is 0 Å². The lowest BCUT2D eigenvalue weighted by Crippen LogP contribution is -2.42. The maximum Gasteiger partial charge on any atom is 0.227 e. The number of carbonyl (C=O) groups excluding carboxylic acids is 2. The molecule has 6 nitrogen and oxygen atoms in total. The highest BCUT2D eigenvalue weighted by molar-refractivity contribution is 5.97. The number of pyridine rings is 1. The molecule has 1 aliphatic rings. The fraction of sp³-hybridized carbons (Fsp3) is 0.350. The number of hydrogen-bond donors (Lipinski definition) is 1. The fourth-order valence-corrected chi connectivity index (χ4v) is 2.93. The lowest BCUT2D eigenvalue weighted by Gasteiger charge is -2.33. The van der Waals surface area contributed by atoms with E-state index in [2.05, 4.69) is 10.3 Å². The molecule has 0 spiro atoms. The molecule has 0 radical (unpaired) electrons. The maximum atomic E-state index is 12.7. The molecular weight excluding hydrogens is 330 g/mol. The predicted molar refractivity (Wildman–Crippen MR) is 98.9 cm³/mol. The molecular formula is C20H23N3O3. The maximum absolute atomic E-state index is 12.7. The van der Waals surface area contributed by atoms with E-state index in [-0.39, 0.29) is 30.8 Å². The van der Waals surface area contributed by atoms with Crippen LogP contribution >= 0.6 is 0 Å². The number of fused-ring (bicyclic) bond motifs is 1. The number of anilines is 1. The summed E-state index contributed by atoms with van der Waals surface area (Å²) in [5, 5.41) is 2.82. The minimum atomic E-state index is -0.145. The zero-order valence-corrected chi connectivity index (χ0v) is 15.1. The Hall–Kier alpha value is -2.89. The predicted octanol–water partition coefficient (Wildman–Crippen LogP) is 2.60.